The quantitative estimate of drug-likeness (QED) is 0.593. The van der Waals surface area contributed by atoms with E-state index in [1.807, 2.05) is 41.2 Å². The lowest BCUT2D eigenvalue weighted by atomic mass is 10.1. The molecule has 4 nitrogen and oxygen atoms in total. The smallest absolute Gasteiger partial charge is 0.241 e. The van der Waals surface area contributed by atoms with Gasteiger partial charge in [-0.25, -0.2) is 4.39 Å². The lowest BCUT2D eigenvalue weighted by Gasteiger charge is -2.26. The van der Waals surface area contributed by atoms with Gasteiger partial charge in [0.25, 0.3) is 0 Å². The largest absolute Gasteiger partial charge is 0.471 e. The topological polar surface area (TPSA) is 30.3 Å². The van der Waals surface area contributed by atoms with Crippen LogP contribution in [0.2, 0.25) is 0 Å². The number of hydrogen-bond acceptors (Lipinski definition) is 3. The fraction of sp³-hybridized carbons (Fsp3) is 0.348. The molecule has 0 aliphatic carbocycles. The summed E-state index contributed by atoms with van der Waals surface area (Å²) in [4.78, 5) is 2.49. The van der Waals surface area contributed by atoms with E-state index in [1.165, 1.54) is 44.5 Å². The number of piperidine rings is 1. The molecule has 1 aliphatic rings. The van der Waals surface area contributed by atoms with E-state index in [9.17, 15) is 4.39 Å². The lowest BCUT2D eigenvalue weighted by Crippen LogP contribution is -2.32. The zero-order valence-electron chi connectivity index (χ0n) is 16.1. The Morgan fingerprint density at radius 1 is 0.893 bits per heavy atom. The van der Waals surface area contributed by atoms with Crippen LogP contribution in [0.4, 0.5) is 4.39 Å². The minimum absolute atomic E-state index is 0.243. The minimum atomic E-state index is -0.243. The normalized spacial score (nSPS) is 14.9. The van der Waals surface area contributed by atoms with Crippen LogP contribution >= 0.6 is 0 Å². The van der Waals surface area contributed by atoms with Crippen LogP contribution in [0.3, 0.4) is 0 Å². The first-order chi connectivity index (χ1) is 13.8. The van der Waals surface area contributed by atoms with Gasteiger partial charge in [-0.2, -0.15) is 0 Å². The summed E-state index contributed by atoms with van der Waals surface area (Å²) in [6, 6.07) is 16.5. The number of aromatic nitrogens is 2. The molecule has 0 unspecified atom stereocenters. The molecule has 5 heteroatoms. The van der Waals surface area contributed by atoms with Crippen LogP contribution in [0.15, 0.2) is 60.8 Å². The SMILES string of the molecule is Fc1ccc(-c2cn(CCN3CCCCC3)nc2OCc2ccccc2)cc1. The molecular weight excluding hydrogens is 353 g/mol. The predicted octanol–water partition coefficient (Wildman–Crippen LogP) is 4.75. The van der Waals surface area contributed by atoms with E-state index in [-0.39, 0.29) is 5.82 Å². The highest BCUT2D eigenvalue weighted by atomic mass is 19.1. The first-order valence-corrected chi connectivity index (χ1v) is 10.0. The first kappa shape index (κ1) is 18.7. The maximum absolute atomic E-state index is 13.3. The van der Waals surface area contributed by atoms with Crippen molar-refractivity contribution in [3.8, 4) is 17.0 Å². The lowest BCUT2D eigenvalue weighted by molar-refractivity contribution is 0.216. The minimum Gasteiger partial charge on any atom is -0.471 e. The maximum Gasteiger partial charge on any atom is 0.241 e. The fourth-order valence-corrected chi connectivity index (χ4v) is 3.61. The zero-order chi connectivity index (χ0) is 19.2. The van der Waals surface area contributed by atoms with Crippen molar-refractivity contribution >= 4 is 0 Å². The number of ether oxygens (including phenoxy) is 1. The van der Waals surface area contributed by atoms with Gasteiger partial charge in [0.2, 0.25) is 5.88 Å². The summed E-state index contributed by atoms with van der Waals surface area (Å²) < 4.78 is 21.3. The van der Waals surface area contributed by atoms with E-state index in [4.69, 9.17) is 4.74 Å². The molecule has 0 amide bonds. The molecule has 0 saturated carbocycles. The fourth-order valence-electron chi connectivity index (χ4n) is 3.61. The Morgan fingerprint density at radius 3 is 2.39 bits per heavy atom. The molecule has 3 aromatic rings. The molecule has 0 atom stereocenters. The van der Waals surface area contributed by atoms with Gasteiger partial charge in [0.05, 0.1) is 12.1 Å². The average Bonchev–Trinajstić information content (AvgIpc) is 3.16. The summed E-state index contributed by atoms with van der Waals surface area (Å²) in [6.07, 6.45) is 5.92. The Morgan fingerprint density at radius 2 is 1.64 bits per heavy atom. The number of hydrogen-bond donors (Lipinski definition) is 0. The van der Waals surface area contributed by atoms with Crippen LogP contribution in [0, 0.1) is 5.82 Å². The molecule has 1 fully saturated rings. The number of halogens is 1. The molecule has 1 saturated heterocycles. The van der Waals surface area contributed by atoms with Crippen LogP contribution in [0.25, 0.3) is 11.1 Å². The highest BCUT2D eigenvalue weighted by Gasteiger charge is 2.15. The third-order valence-electron chi connectivity index (χ3n) is 5.20. The van der Waals surface area contributed by atoms with E-state index in [2.05, 4.69) is 10.00 Å². The third-order valence-corrected chi connectivity index (χ3v) is 5.20. The maximum atomic E-state index is 13.3. The average molecular weight is 379 g/mol. The second-order valence-electron chi connectivity index (χ2n) is 7.29. The van der Waals surface area contributed by atoms with Crippen molar-refractivity contribution < 1.29 is 9.13 Å². The Kier molecular flexibility index (Phi) is 6.02. The van der Waals surface area contributed by atoms with Gasteiger partial charge in [-0.1, -0.05) is 48.9 Å². The third kappa shape index (κ3) is 4.78. The van der Waals surface area contributed by atoms with Crippen LogP contribution in [0.1, 0.15) is 24.8 Å². The zero-order valence-corrected chi connectivity index (χ0v) is 16.1. The van der Waals surface area contributed by atoms with Gasteiger partial charge < -0.3 is 9.64 Å². The van der Waals surface area contributed by atoms with Gasteiger partial charge >= 0.3 is 0 Å². The summed E-state index contributed by atoms with van der Waals surface area (Å²) in [5.41, 5.74) is 2.90. The van der Waals surface area contributed by atoms with Crippen molar-refractivity contribution in [2.75, 3.05) is 19.6 Å². The van der Waals surface area contributed by atoms with E-state index in [0.717, 1.165) is 29.8 Å². The van der Waals surface area contributed by atoms with Crippen LogP contribution in [0.5, 0.6) is 5.88 Å². The number of nitrogens with zero attached hydrogens (tertiary/aromatic N) is 3. The molecule has 2 heterocycles. The van der Waals surface area contributed by atoms with Gasteiger partial charge in [0, 0.05) is 12.7 Å². The molecule has 0 spiro atoms. The van der Waals surface area contributed by atoms with E-state index >= 15 is 0 Å². The molecule has 0 radical (unpaired) electrons. The second kappa shape index (κ2) is 9.02. The van der Waals surface area contributed by atoms with E-state index in [1.54, 1.807) is 12.1 Å². The van der Waals surface area contributed by atoms with Crippen molar-refractivity contribution in [2.45, 2.75) is 32.4 Å². The Balaban J connectivity index is 1.51. The van der Waals surface area contributed by atoms with Crippen LogP contribution in [-0.4, -0.2) is 34.3 Å². The molecule has 28 heavy (non-hydrogen) atoms. The summed E-state index contributed by atoms with van der Waals surface area (Å²) >= 11 is 0. The molecule has 146 valence electrons. The molecule has 0 N–H and O–H groups in total. The molecule has 1 aliphatic heterocycles. The molecule has 4 rings (SSSR count). The number of likely N-dealkylation sites (tertiary alicyclic amines) is 1. The standard InChI is InChI=1S/C23H26FN3O/c24-21-11-9-20(10-12-21)22-17-27(16-15-26-13-5-2-6-14-26)25-23(22)28-18-19-7-3-1-4-8-19/h1,3-4,7-12,17H,2,5-6,13-16,18H2. The Labute approximate surface area is 165 Å². The highest BCUT2D eigenvalue weighted by Crippen LogP contribution is 2.29. The predicted molar refractivity (Wildman–Crippen MR) is 109 cm³/mol. The molecule has 2 aromatic carbocycles. The molecule has 1 aromatic heterocycles. The summed E-state index contributed by atoms with van der Waals surface area (Å²) in [7, 11) is 0. The summed E-state index contributed by atoms with van der Waals surface area (Å²) in [5.74, 6) is 0.349. The highest BCUT2D eigenvalue weighted by molar-refractivity contribution is 5.67. The van der Waals surface area contributed by atoms with Crippen molar-refractivity contribution in [3.63, 3.8) is 0 Å². The first-order valence-electron chi connectivity index (χ1n) is 10.0. The Hall–Kier alpha value is -2.66. The van der Waals surface area contributed by atoms with Crippen LogP contribution in [-0.2, 0) is 13.2 Å². The van der Waals surface area contributed by atoms with Crippen molar-refractivity contribution in [1.82, 2.24) is 14.7 Å². The molecular formula is C23H26FN3O. The van der Waals surface area contributed by atoms with Crippen molar-refractivity contribution in [1.29, 1.82) is 0 Å². The van der Waals surface area contributed by atoms with Crippen molar-refractivity contribution in [3.05, 3.63) is 72.2 Å². The number of rotatable bonds is 7. The van der Waals surface area contributed by atoms with Gasteiger partial charge in [-0.15, -0.1) is 5.10 Å². The van der Waals surface area contributed by atoms with E-state index < -0.39 is 0 Å². The monoisotopic (exact) mass is 379 g/mol. The number of benzene rings is 2. The van der Waals surface area contributed by atoms with Gasteiger partial charge in [0.1, 0.15) is 12.4 Å². The second-order valence-corrected chi connectivity index (χ2v) is 7.29. The van der Waals surface area contributed by atoms with Gasteiger partial charge in [-0.3, -0.25) is 4.68 Å². The molecule has 0 bridgehead atoms. The van der Waals surface area contributed by atoms with Crippen LogP contribution < -0.4 is 4.74 Å². The summed E-state index contributed by atoms with van der Waals surface area (Å²) in [6.45, 7) is 4.61. The van der Waals surface area contributed by atoms with Gasteiger partial charge in [0.15, 0.2) is 0 Å². The Bertz CT molecular complexity index is 871. The van der Waals surface area contributed by atoms with E-state index in [0.29, 0.717) is 12.5 Å². The van der Waals surface area contributed by atoms with Crippen molar-refractivity contribution in [2.24, 2.45) is 0 Å². The van der Waals surface area contributed by atoms with Gasteiger partial charge in [-0.05, 0) is 49.2 Å². The summed E-state index contributed by atoms with van der Waals surface area (Å²) in [5, 5.41) is 4.68.